The molecule has 0 bridgehead atoms. The Hall–Kier alpha value is -1.56. The van der Waals surface area contributed by atoms with Crippen LogP contribution in [0.3, 0.4) is 0 Å². The van der Waals surface area contributed by atoms with Gasteiger partial charge in [0.25, 0.3) is 0 Å². The first-order valence-electron chi connectivity index (χ1n) is 7.23. The molecule has 2 nitrogen and oxygen atoms in total. The molecule has 2 unspecified atom stereocenters. The Morgan fingerprint density at radius 2 is 2.00 bits per heavy atom. The second-order valence-corrected chi connectivity index (χ2v) is 5.88. The van der Waals surface area contributed by atoms with Gasteiger partial charge in [0.15, 0.2) is 0 Å². The van der Waals surface area contributed by atoms with Crippen LogP contribution in [0.25, 0.3) is 0 Å². The van der Waals surface area contributed by atoms with Crippen LogP contribution in [0.2, 0.25) is 0 Å². The van der Waals surface area contributed by atoms with Crippen LogP contribution in [0, 0.1) is 29.0 Å². The van der Waals surface area contributed by atoms with Crippen LogP contribution in [-0.2, 0) is 0 Å². The summed E-state index contributed by atoms with van der Waals surface area (Å²) in [6.07, 6.45) is 7.67. The van der Waals surface area contributed by atoms with Crippen molar-refractivity contribution in [2.45, 2.75) is 44.6 Å². The Bertz CT molecular complexity index is 502. The Kier molecular flexibility index (Phi) is 3.42. The fourth-order valence-electron chi connectivity index (χ4n) is 3.33. The van der Waals surface area contributed by atoms with Crippen LogP contribution < -0.4 is 5.32 Å². The maximum Gasteiger partial charge on any atom is 0.143 e. The molecule has 0 aromatic heterocycles. The highest BCUT2D eigenvalue weighted by molar-refractivity contribution is 5.58. The van der Waals surface area contributed by atoms with Gasteiger partial charge in [-0.05, 0) is 49.7 Å². The van der Waals surface area contributed by atoms with Gasteiger partial charge in [0.05, 0.1) is 5.69 Å². The van der Waals surface area contributed by atoms with E-state index in [1.54, 1.807) is 6.07 Å². The highest BCUT2D eigenvalue weighted by atomic mass is 19.1. The summed E-state index contributed by atoms with van der Waals surface area (Å²) < 4.78 is 13.6. The summed E-state index contributed by atoms with van der Waals surface area (Å²) in [5, 5.41) is 12.4. The van der Waals surface area contributed by atoms with E-state index in [0.717, 1.165) is 18.3 Å². The van der Waals surface area contributed by atoms with Gasteiger partial charge in [-0.15, -0.1) is 0 Å². The van der Waals surface area contributed by atoms with Crippen molar-refractivity contribution in [2.24, 2.45) is 11.8 Å². The molecular formula is C16H19FN2. The number of anilines is 1. The van der Waals surface area contributed by atoms with E-state index in [-0.39, 0.29) is 5.56 Å². The molecule has 2 aliphatic rings. The lowest BCUT2D eigenvalue weighted by molar-refractivity contribution is 0.303. The Balaban J connectivity index is 1.70. The van der Waals surface area contributed by atoms with Crippen molar-refractivity contribution >= 4 is 5.69 Å². The fourth-order valence-corrected chi connectivity index (χ4v) is 3.33. The van der Waals surface area contributed by atoms with E-state index in [2.05, 4.69) is 5.32 Å². The molecule has 0 heterocycles. The van der Waals surface area contributed by atoms with Crippen molar-refractivity contribution in [3.8, 4) is 6.07 Å². The van der Waals surface area contributed by atoms with Crippen LogP contribution in [0.4, 0.5) is 10.1 Å². The Morgan fingerprint density at radius 1 is 1.16 bits per heavy atom. The summed E-state index contributed by atoms with van der Waals surface area (Å²) in [7, 11) is 0. The predicted octanol–water partition coefficient (Wildman–Crippen LogP) is 4.08. The summed E-state index contributed by atoms with van der Waals surface area (Å²) >= 11 is 0. The molecule has 3 heteroatoms. The van der Waals surface area contributed by atoms with Crippen molar-refractivity contribution in [1.82, 2.24) is 0 Å². The van der Waals surface area contributed by atoms with Gasteiger partial charge in [-0.2, -0.15) is 5.26 Å². The van der Waals surface area contributed by atoms with Gasteiger partial charge in [0.1, 0.15) is 17.4 Å². The lowest BCUT2D eigenvalue weighted by Gasteiger charge is -2.30. The molecule has 1 aromatic carbocycles. The highest BCUT2D eigenvalue weighted by Crippen LogP contribution is 2.44. The van der Waals surface area contributed by atoms with Gasteiger partial charge >= 0.3 is 0 Å². The average molecular weight is 258 g/mol. The van der Waals surface area contributed by atoms with Crippen molar-refractivity contribution in [2.75, 3.05) is 5.32 Å². The number of rotatable bonds is 3. The van der Waals surface area contributed by atoms with Crippen molar-refractivity contribution in [1.29, 1.82) is 5.26 Å². The molecule has 0 amide bonds. The third-order valence-corrected chi connectivity index (χ3v) is 4.49. The number of hydrogen-bond acceptors (Lipinski definition) is 2. The molecule has 3 rings (SSSR count). The Morgan fingerprint density at radius 3 is 2.74 bits per heavy atom. The quantitative estimate of drug-likeness (QED) is 0.886. The lowest BCUT2D eigenvalue weighted by Crippen LogP contribution is -2.28. The minimum absolute atomic E-state index is 0.149. The molecule has 1 N–H and O–H groups in total. The standard InChI is InChI=1S/C16H19FN2/c17-15-5-2-6-16(14(15)10-18)19-13-4-1-3-12(9-13)11-7-8-11/h2,5-6,11-13,19H,1,3-4,7-9H2. The number of benzene rings is 1. The number of nitrogens with zero attached hydrogens (tertiary/aromatic N) is 1. The Labute approximate surface area is 113 Å². The summed E-state index contributed by atoms with van der Waals surface area (Å²) in [5.74, 6) is 1.35. The number of nitriles is 1. The maximum atomic E-state index is 13.6. The van der Waals surface area contributed by atoms with Crippen LogP contribution in [0.15, 0.2) is 18.2 Å². The van der Waals surface area contributed by atoms with E-state index in [4.69, 9.17) is 5.26 Å². The van der Waals surface area contributed by atoms with Crippen LogP contribution in [-0.4, -0.2) is 6.04 Å². The normalized spacial score (nSPS) is 26.7. The summed E-state index contributed by atoms with van der Waals surface area (Å²) in [6.45, 7) is 0. The zero-order chi connectivity index (χ0) is 13.2. The minimum Gasteiger partial charge on any atom is -0.381 e. The third kappa shape index (κ3) is 2.73. The molecule has 0 aliphatic heterocycles. The first-order chi connectivity index (χ1) is 9.28. The van der Waals surface area contributed by atoms with Crippen molar-refractivity contribution < 1.29 is 4.39 Å². The molecule has 2 fully saturated rings. The molecule has 19 heavy (non-hydrogen) atoms. The maximum absolute atomic E-state index is 13.6. The SMILES string of the molecule is N#Cc1c(F)cccc1NC1CCCC(C2CC2)C1. The molecule has 2 atom stereocenters. The van der Waals surface area contributed by atoms with E-state index in [9.17, 15) is 4.39 Å². The van der Waals surface area contributed by atoms with Gasteiger partial charge in [-0.25, -0.2) is 4.39 Å². The van der Waals surface area contributed by atoms with E-state index in [0.29, 0.717) is 11.7 Å². The van der Waals surface area contributed by atoms with Crippen LogP contribution in [0.5, 0.6) is 0 Å². The number of nitrogens with one attached hydrogen (secondary N) is 1. The van der Waals surface area contributed by atoms with Crippen molar-refractivity contribution in [3.63, 3.8) is 0 Å². The largest absolute Gasteiger partial charge is 0.381 e. The van der Waals surface area contributed by atoms with Crippen LogP contribution >= 0.6 is 0 Å². The smallest absolute Gasteiger partial charge is 0.143 e. The molecule has 100 valence electrons. The first kappa shape index (κ1) is 12.5. The molecule has 1 aromatic rings. The molecule has 2 saturated carbocycles. The third-order valence-electron chi connectivity index (χ3n) is 4.49. The first-order valence-corrected chi connectivity index (χ1v) is 7.23. The topological polar surface area (TPSA) is 35.8 Å². The van der Waals surface area contributed by atoms with E-state index >= 15 is 0 Å². The van der Waals surface area contributed by atoms with E-state index < -0.39 is 5.82 Å². The summed E-state index contributed by atoms with van der Waals surface area (Å²) in [6, 6.07) is 7.18. The second kappa shape index (κ2) is 5.21. The monoisotopic (exact) mass is 258 g/mol. The van der Waals surface area contributed by atoms with Gasteiger partial charge in [0.2, 0.25) is 0 Å². The molecule has 0 radical (unpaired) electrons. The average Bonchev–Trinajstić information content (AvgIpc) is 3.24. The summed E-state index contributed by atoms with van der Waals surface area (Å²) in [5.41, 5.74) is 0.806. The van der Waals surface area contributed by atoms with E-state index in [1.807, 2.05) is 12.1 Å². The fraction of sp³-hybridized carbons (Fsp3) is 0.562. The zero-order valence-electron chi connectivity index (χ0n) is 11.0. The van der Waals surface area contributed by atoms with Gasteiger partial charge < -0.3 is 5.32 Å². The van der Waals surface area contributed by atoms with E-state index in [1.165, 1.54) is 38.2 Å². The summed E-state index contributed by atoms with van der Waals surface area (Å²) in [4.78, 5) is 0. The molecule has 0 saturated heterocycles. The van der Waals surface area contributed by atoms with Gasteiger partial charge in [-0.3, -0.25) is 0 Å². The zero-order valence-corrected chi connectivity index (χ0v) is 11.0. The van der Waals surface area contributed by atoms with Crippen LogP contribution in [0.1, 0.15) is 44.1 Å². The van der Waals surface area contributed by atoms with Gasteiger partial charge in [0, 0.05) is 6.04 Å². The lowest BCUT2D eigenvalue weighted by atomic mass is 9.82. The van der Waals surface area contributed by atoms with Crippen molar-refractivity contribution in [3.05, 3.63) is 29.6 Å². The number of hydrogen-bond donors (Lipinski definition) is 1. The highest BCUT2D eigenvalue weighted by Gasteiger charge is 2.34. The number of halogens is 1. The second-order valence-electron chi connectivity index (χ2n) is 5.88. The predicted molar refractivity (Wildman–Crippen MR) is 73.2 cm³/mol. The molecule has 0 spiro atoms. The minimum atomic E-state index is -0.429. The molecular weight excluding hydrogens is 239 g/mol. The van der Waals surface area contributed by atoms with Gasteiger partial charge in [-0.1, -0.05) is 18.9 Å². The molecule has 2 aliphatic carbocycles.